The molecule has 0 radical (unpaired) electrons. The van der Waals surface area contributed by atoms with Crippen LogP contribution >= 0.6 is 11.6 Å². The van der Waals surface area contributed by atoms with Gasteiger partial charge in [0, 0.05) is 61.4 Å². The molecule has 3 aromatic rings. The summed E-state index contributed by atoms with van der Waals surface area (Å²) in [6.07, 6.45) is 3.15. The van der Waals surface area contributed by atoms with Crippen molar-refractivity contribution >= 4 is 29.0 Å². The molecule has 1 saturated heterocycles. The van der Waals surface area contributed by atoms with Gasteiger partial charge in [-0.25, -0.2) is 4.98 Å². The van der Waals surface area contributed by atoms with Crippen molar-refractivity contribution in [3.63, 3.8) is 0 Å². The Morgan fingerprint density at radius 2 is 2.00 bits per heavy atom. The zero-order chi connectivity index (χ0) is 24.5. The van der Waals surface area contributed by atoms with Crippen molar-refractivity contribution in [1.82, 2.24) is 9.55 Å². The van der Waals surface area contributed by atoms with E-state index in [1.54, 1.807) is 25.4 Å². The third-order valence-electron chi connectivity index (χ3n) is 5.35. The van der Waals surface area contributed by atoms with E-state index < -0.39 is 17.6 Å². The average molecular weight is 491 g/mol. The number of benzene rings is 1. The lowest BCUT2D eigenvalue weighted by molar-refractivity contribution is -0.0964. The van der Waals surface area contributed by atoms with Crippen LogP contribution in [0.3, 0.4) is 0 Å². The number of ether oxygens (including phenoxy) is 1. The summed E-state index contributed by atoms with van der Waals surface area (Å²) in [7, 11) is 1.64. The number of nitrogens with zero attached hydrogens (tertiary/aromatic N) is 3. The smallest absolute Gasteiger partial charge is 0.420 e. The topological polar surface area (TPSA) is 96.7 Å². The second kappa shape index (κ2) is 9.40. The fourth-order valence-corrected chi connectivity index (χ4v) is 3.73. The van der Waals surface area contributed by atoms with E-state index in [9.17, 15) is 23.5 Å². The molecule has 11 heteroatoms. The van der Waals surface area contributed by atoms with Crippen molar-refractivity contribution in [3.8, 4) is 16.9 Å². The highest BCUT2D eigenvalue weighted by molar-refractivity contribution is 6.20. The molecule has 0 spiro atoms. The summed E-state index contributed by atoms with van der Waals surface area (Å²) in [6.45, 7) is 0.986. The number of hydrogen-bond acceptors (Lipinski definition) is 6. The number of aromatic nitrogens is 2. The Morgan fingerprint density at radius 1 is 1.26 bits per heavy atom. The van der Waals surface area contributed by atoms with E-state index in [4.69, 9.17) is 11.6 Å². The minimum absolute atomic E-state index is 0.162. The molecule has 1 aliphatic rings. The molecule has 1 aliphatic heterocycles. The van der Waals surface area contributed by atoms with Gasteiger partial charge in [0.2, 0.25) is 0 Å². The molecule has 3 heterocycles. The van der Waals surface area contributed by atoms with Crippen LogP contribution in [0, 0.1) is 0 Å². The lowest BCUT2D eigenvalue weighted by Gasteiger charge is -2.21. The molecule has 178 valence electrons. The molecule has 8 nitrogen and oxygen atoms in total. The fraction of sp³-hybridized carbons (Fsp3) is 0.261. The summed E-state index contributed by atoms with van der Waals surface area (Å²) >= 11 is 4.75. The predicted molar refractivity (Wildman–Crippen MR) is 124 cm³/mol. The molecule has 1 aromatic carbocycles. The minimum Gasteiger partial charge on any atom is -0.420 e. The number of aliphatic hydroxyl groups is 1. The summed E-state index contributed by atoms with van der Waals surface area (Å²) in [5.41, 5.74) is -2.32. The van der Waals surface area contributed by atoms with E-state index in [0.717, 1.165) is 0 Å². The number of nitrogens with one attached hydrogen (secondary N) is 1. The van der Waals surface area contributed by atoms with Gasteiger partial charge in [0.1, 0.15) is 11.6 Å². The molecule has 1 atom stereocenters. The van der Waals surface area contributed by atoms with E-state index in [0.29, 0.717) is 42.1 Å². The number of amides is 1. The number of aryl methyl sites for hydroxylation is 1. The van der Waals surface area contributed by atoms with Gasteiger partial charge in [0.25, 0.3) is 11.5 Å². The maximum Gasteiger partial charge on any atom is 0.487 e. The molecule has 1 amide bonds. The van der Waals surface area contributed by atoms with Crippen LogP contribution in [-0.4, -0.2) is 45.3 Å². The lowest BCUT2D eigenvalue weighted by Crippen LogP contribution is -2.24. The number of alkyl halides is 3. The second-order valence-electron chi connectivity index (χ2n) is 7.87. The highest BCUT2D eigenvalue weighted by atomic mass is 35.5. The van der Waals surface area contributed by atoms with E-state index >= 15 is 0 Å². The van der Waals surface area contributed by atoms with Crippen molar-refractivity contribution in [2.75, 3.05) is 23.3 Å². The molecule has 2 N–H and O–H groups in total. The Balaban J connectivity index is 1.62. The molecule has 0 bridgehead atoms. The van der Waals surface area contributed by atoms with Crippen molar-refractivity contribution < 1.29 is 23.4 Å². The molecule has 1 fully saturated rings. The van der Waals surface area contributed by atoms with Crippen molar-refractivity contribution in [2.24, 2.45) is 7.05 Å². The van der Waals surface area contributed by atoms with E-state index in [1.165, 1.54) is 41.1 Å². The molecule has 0 saturated carbocycles. The number of rotatable bonds is 6. The van der Waals surface area contributed by atoms with Gasteiger partial charge >= 0.3 is 5.57 Å². The van der Waals surface area contributed by atoms with Crippen LogP contribution in [0.4, 0.5) is 20.3 Å². The molecule has 0 unspecified atom stereocenters. The summed E-state index contributed by atoms with van der Waals surface area (Å²) < 4.78 is 31.2. The number of halogens is 3. The van der Waals surface area contributed by atoms with E-state index in [1.807, 2.05) is 4.90 Å². The Kier molecular flexibility index (Phi) is 6.54. The zero-order valence-electron chi connectivity index (χ0n) is 18.0. The Labute approximate surface area is 198 Å². The molecule has 2 aromatic heterocycles. The van der Waals surface area contributed by atoms with Gasteiger partial charge in [0.05, 0.1) is 11.7 Å². The Hall–Kier alpha value is -3.50. The van der Waals surface area contributed by atoms with Gasteiger partial charge in [-0.2, -0.15) is 0 Å². The average Bonchev–Trinajstić information content (AvgIpc) is 3.21. The molecule has 34 heavy (non-hydrogen) atoms. The highest BCUT2D eigenvalue weighted by Crippen LogP contribution is 2.32. The summed E-state index contributed by atoms with van der Waals surface area (Å²) in [5.74, 6) is -0.0865. The number of β-amino-alcohol motifs (C(OH)–C–C–N with tert-alkyl or cyclic N) is 1. The number of pyridine rings is 2. The highest BCUT2D eigenvalue weighted by Gasteiger charge is 2.27. The van der Waals surface area contributed by atoms with Gasteiger partial charge < -0.3 is 24.6 Å². The first-order valence-electron chi connectivity index (χ1n) is 10.4. The maximum atomic E-state index is 12.9. The molecular formula is C23H21ClF2N4O4. The van der Waals surface area contributed by atoms with Crippen LogP contribution in [0.15, 0.2) is 59.7 Å². The van der Waals surface area contributed by atoms with Crippen molar-refractivity contribution in [2.45, 2.75) is 18.1 Å². The number of aliphatic hydroxyl groups excluding tert-OH is 1. The standard InChI is InChI=1S/C23H21ClF2N4O4/c1-29-8-6-14(11-20(29)32)19-10-15(12-27-21(19)30-9-7-17(31)13-30)22(33)28-16-2-4-18(5-3-16)34-23(24,25)26/h2-6,8,10-12,17,31H,7,9,13H2,1H3,(H,28,33)/t17-/m1/s1. The normalized spacial score (nSPS) is 15.9. The summed E-state index contributed by atoms with van der Waals surface area (Å²) in [5, 5.41) is 12.6. The van der Waals surface area contributed by atoms with Gasteiger partial charge in [-0.1, -0.05) is 0 Å². The van der Waals surface area contributed by atoms with Crippen LogP contribution in [0.2, 0.25) is 0 Å². The number of carbonyl (C=O) groups is 1. The van der Waals surface area contributed by atoms with Gasteiger partial charge in [0.15, 0.2) is 0 Å². The zero-order valence-corrected chi connectivity index (χ0v) is 18.8. The Morgan fingerprint density at radius 3 is 2.62 bits per heavy atom. The fourth-order valence-electron chi connectivity index (χ4n) is 3.64. The molecule has 0 aliphatic carbocycles. The number of hydrogen-bond donors (Lipinski definition) is 2. The Bertz CT molecular complexity index is 1260. The quantitative estimate of drug-likeness (QED) is 0.514. The van der Waals surface area contributed by atoms with Crippen LogP contribution in [0.1, 0.15) is 16.8 Å². The summed E-state index contributed by atoms with van der Waals surface area (Å²) in [6, 6.07) is 10.1. The van der Waals surface area contributed by atoms with Gasteiger partial charge in [-0.15, -0.1) is 8.78 Å². The number of anilines is 2. The molecular weight excluding hydrogens is 470 g/mol. The maximum absolute atomic E-state index is 12.9. The first-order valence-corrected chi connectivity index (χ1v) is 10.7. The minimum atomic E-state index is -3.83. The monoisotopic (exact) mass is 490 g/mol. The van der Waals surface area contributed by atoms with Gasteiger partial charge in [-0.3, -0.25) is 9.59 Å². The first-order chi connectivity index (χ1) is 16.1. The van der Waals surface area contributed by atoms with Crippen molar-refractivity contribution in [1.29, 1.82) is 0 Å². The van der Waals surface area contributed by atoms with Crippen LogP contribution < -0.4 is 20.5 Å². The first kappa shape index (κ1) is 23.7. The van der Waals surface area contributed by atoms with Gasteiger partial charge in [-0.05, 0) is 48.4 Å². The largest absolute Gasteiger partial charge is 0.487 e. The SMILES string of the molecule is Cn1ccc(-c2cc(C(=O)Nc3ccc(OC(F)(F)Cl)cc3)cnc2N2CC[C@@H](O)C2)cc1=O. The van der Waals surface area contributed by atoms with Crippen LogP contribution in [0.25, 0.3) is 11.1 Å². The van der Waals surface area contributed by atoms with E-state index in [2.05, 4.69) is 15.0 Å². The van der Waals surface area contributed by atoms with Crippen LogP contribution in [0.5, 0.6) is 5.75 Å². The van der Waals surface area contributed by atoms with E-state index in [-0.39, 0.29) is 16.9 Å². The lowest BCUT2D eigenvalue weighted by atomic mass is 10.0. The second-order valence-corrected chi connectivity index (χ2v) is 8.31. The number of carbonyl (C=O) groups excluding carboxylic acids is 1. The third kappa shape index (κ3) is 5.52. The third-order valence-corrected chi connectivity index (χ3v) is 5.43. The van der Waals surface area contributed by atoms with Crippen LogP contribution in [-0.2, 0) is 7.05 Å². The predicted octanol–water partition coefficient (Wildman–Crippen LogP) is 3.44. The molecule has 4 rings (SSSR count). The van der Waals surface area contributed by atoms with Crippen molar-refractivity contribution in [3.05, 3.63) is 70.8 Å². The summed E-state index contributed by atoms with van der Waals surface area (Å²) in [4.78, 5) is 31.5.